The molecule has 0 spiro atoms. The third-order valence-corrected chi connectivity index (χ3v) is 4.85. The number of benzene rings is 1. The Hall–Kier alpha value is -0.830. The van der Waals surface area contributed by atoms with Crippen LogP contribution in [-0.2, 0) is 9.73 Å². The summed E-state index contributed by atoms with van der Waals surface area (Å²) in [6, 6.07) is 9.56. The smallest absolute Gasteiger partial charge is 0.0723 e. The molecule has 1 aromatic carbocycles. The van der Waals surface area contributed by atoms with Gasteiger partial charge in [0.2, 0.25) is 0 Å². The molecule has 2 nitrogen and oxygen atoms in total. The lowest BCUT2D eigenvalue weighted by Gasteiger charge is -2.04. The Morgan fingerprint density at radius 3 is 2.28 bits per heavy atom. The van der Waals surface area contributed by atoms with Crippen LogP contribution in [0.2, 0.25) is 0 Å². The SMILES string of the molecule is CCCCCCCCN=[S@@](C)(=O)c1ccccc1. The van der Waals surface area contributed by atoms with Crippen LogP contribution in [0.25, 0.3) is 0 Å². The molecule has 3 heteroatoms. The van der Waals surface area contributed by atoms with Gasteiger partial charge in [-0.25, -0.2) is 8.57 Å². The molecule has 1 aromatic rings. The van der Waals surface area contributed by atoms with Crippen LogP contribution in [0.5, 0.6) is 0 Å². The van der Waals surface area contributed by atoms with Gasteiger partial charge in [0.05, 0.1) is 9.73 Å². The summed E-state index contributed by atoms with van der Waals surface area (Å²) in [4.78, 5) is 0.844. The first-order valence-electron chi connectivity index (χ1n) is 6.90. The third kappa shape index (κ3) is 5.67. The van der Waals surface area contributed by atoms with E-state index in [4.69, 9.17) is 0 Å². The van der Waals surface area contributed by atoms with Crippen LogP contribution >= 0.6 is 0 Å². The highest BCUT2D eigenvalue weighted by Gasteiger charge is 2.03. The second-order valence-corrected chi connectivity index (χ2v) is 7.07. The molecule has 0 aromatic heterocycles. The van der Waals surface area contributed by atoms with E-state index in [0.717, 1.165) is 17.9 Å². The minimum Gasteiger partial charge on any atom is -0.245 e. The summed E-state index contributed by atoms with van der Waals surface area (Å²) in [5.41, 5.74) is 0. The molecule has 0 bridgehead atoms. The molecule has 0 saturated heterocycles. The van der Waals surface area contributed by atoms with Crippen LogP contribution in [0.1, 0.15) is 45.4 Å². The van der Waals surface area contributed by atoms with Gasteiger partial charge in [0.15, 0.2) is 0 Å². The van der Waals surface area contributed by atoms with Gasteiger partial charge in [-0.15, -0.1) is 0 Å². The van der Waals surface area contributed by atoms with Crippen LogP contribution < -0.4 is 0 Å². The van der Waals surface area contributed by atoms with E-state index in [1.807, 2.05) is 30.3 Å². The number of hydrogen-bond donors (Lipinski definition) is 0. The van der Waals surface area contributed by atoms with Crippen LogP contribution in [0.15, 0.2) is 39.6 Å². The Morgan fingerprint density at radius 1 is 1.00 bits per heavy atom. The summed E-state index contributed by atoms with van der Waals surface area (Å²) in [6.07, 6.45) is 9.19. The number of rotatable bonds is 8. The van der Waals surface area contributed by atoms with Crippen molar-refractivity contribution in [2.24, 2.45) is 4.36 Å². The predicted molar refractivity (Wildman–Crippen MR) is 79.4 cm³/mol. The standard InChI is InChI=1S/C15H25NOS/c1-3-4-5-6-7-11-14-16-18(2,17)15-12-9-8-10-13-15/h8-10,12-13H,3-7,11,14H2,1-2H3/t18-/m0/s1. The first kappa shape index (κ1) is 15.2. The summed E-state index contributed by atoms with van der Waals surface area (Å²) >= 11 is 0. The summed E-state index contributed by atoms with van der Waals surface area (Å²) in [5, 5.41) is 0. The lowest BCUT2D eigenvalue weighted by Crippen LogP contribution is -1.98. The highest BCUT2D eigenvalue weighted by atomic mass is 32.2. The Morgan fingerprint density at radius 2 is 1.61 bits per heavy atom. The summed E-state index contributed by atoms with van der Waals surface area (Å²) in [6.45, 7) is 2.94. The molecule has 0 aliphatic heterocycles. The highest BCUT2D eigenvalue weighted by Crippen LogP contribution is 2.11. The molecule has 18 heavy (non-hydrogen) atoms. The summed E-state index contributed by atoms with van der Waals surface area (Å²) in [7, 11) is -2.18. The fourth-order valence-corrected chi connectivity index (χ4v) is 3.17. The largest absolute Gasteiger partial charge is 0.245 e. The van der Waals surface area contributed by atoms with Gasteiger partial charge in [0, 0.05) is 17.7 Å². The van der Waals surface area contributed by atoms with Gasteiger partial charge in [0.1, 0.15) is 0 Å². The monoisotopic (exact) mass is 267 g/mol. The van der Waals surface area contributed by atoms with E-state index in [-0.39, 0.29) is 0 Å². The summed E-state index contributed by atoms with van der Waals surface area (Å²) in [5.74, 6) is 0. The van der Waals surface area contributed by atoms with Gasteiger partial charge in [-0.3, -0.25) is 0 Å². The Labute approximate surface area is 112 Å². The average Bonchev–Trinajstić information content (AvgIpc) is 2.39. The van der Waals surface area contributed by atoms with Crippen molar-refractivity contribution in [1.29, 1.82) is 0 Å². The molecule has 102 valence electrons. The van der Waals surface area contributed by atoms with E-state index < -0.39 is 9.73 Å². The zero-order chi connectivity index (χ0) is 13.3. The van der Waals surface area contributed by atoms with Gasteiger partial charge in [-0.05, 0) is 18.6 Å². The average molecular weight is 267 g/mol. The molecule has 1 rings (SSSR count). The number of unbranched alkanes of at least 4 members (excludes halogenated alkanes) is 5. The normalized spacial score (nSPS) is 14.1. The quantitative estimate of drug-likeness (QED) is 0.637. The van der Waals surface area contributed by atoms with Crippen molar-refractivity contribution in [3.05, 3.63) is 30.3 Å². The minimum absolute atomic E-state index is 0.719. The fraction of sp³-hybridized carbons (Fsp3) is 0.600. The predicted octanol–water partition coefficient (Wildman–Crippen LogP) is 4.50. The minimum atomic E-state index is -2.18. The Bertz CT molecular complexity index is 433. The van der Waals surface area contributed by atoms with Crippen LogP contribution in [0.3, 0.4) is 0 Å². The van der Waals surface area contributed by atoms with Gasteiger partial charge in [-0.1, -0.05) is 57.2 Å². The summed E-state index contributed by atoms with van der Waals surface area (Å²) < 4.78 is 16.7. The zero-order valence-corrected chi connectivity index (χ0v) is 12.4. The van der Waals surface area contributed by atoms with E-state index in [1.54, 1.807) is 6.26 Å². The van der Waals surface area contributed by atoms with Crippen molar-refractivity contribution in [3.63, 3.8) is 0 Å². The van der Waals surface area contributed by atoms with Gasteiger partial charge in [-0.2, -0.15) is 0 Å². The van der Waals surface area contributed by atoms with E-state index in [0.29, 0.717) is 0 Å². The molecule has 0 radical (unpaired) electrons. The van der Waals surface area contributed by atoms with Crippen LogP contribution in [-0.4, -0.2) is 17.0 Å². The molecule has 0 amide bonds. The third-order valence-electron chi connectivity index (χ3n) is 3.03. The molecule has 0 fully saturated rings. The molecule has 0 aliphatic carbocycles. The molecule has 0 aliphatic rings. The van der Waals surface area contributed by atoms with Crippen LogP contribution in [0.4, 0.5) is 0 Å². The lowest BCUT2D eigenvalue weighted by molar-refractivity contribution is 0.611. The lowest BCUT2D eigenvalue weighted by atomic mass is 10.1. The van der Waals surface area contributed by atoms with Crippen molar-refractivity contribution in [1.82, 2.24) is 0 Å². The van der Waals surface area contributed by atoms with E-state index in [1.165, 1.54) is 32.1 Å². The zero-order valence-electron chi connectivity index (χ0n) is 11.6. The molecule has 1 atom stereocenters. The highest BCUT2D eigenvalue weighted by molar-refractivity contribution is 7.93. The van der Waals surface area contributed by atoms with Gasteiger partial charge < -0.3 is 0 Å². The van der Waals surface area contributed by atoms with Crippen molar-refractivity contribution in [2.45, 2.75) is 50.3 Å². The molecular formula is C15H25NOS. The number of nitrogens with zero attached hydrogens (tertiary/aromatic N) is 1. The Kier molecular flexibility index (Phi) is 7.02. The molecule has 0 unspecified atom stereocenters. The maximum absolute atomic E-state index is 12.4. The van der Waals surface area contributed by atoms with Crippen molar-refractivity contribution in [3.8, 4) is 0 Å². The maximum Gasteiger partial charge on any atom is 0.0723 e. The Balaban J connectivity index is 2.35. The fourth-order valence-electron chi connectivity index (χ4n) is 1.88. The molecular weight excluding hydrogens is 242 g/mol. The molecule has 0 saturated carbocycles. The van der Waals surface area contributed by atoms with E-state index in [2.05, 4.69) is 11.3 Å². The second kappa shape index (κ2) is 8.30. The second-order valence-electron chi connectivity index (χ2n) is 4.74. The van der Waals surface area contributed by atoms with Crippen molar-refractivity contribution in [2.75, 3.05) is 12.8 Å². The first-order valence-corrected chi connectivity index (χ1v) is 8.82. The number of hydrogen-bond acceptors (Lipinski definition) is 2. The molecule has 0 N–H and O–H groups in total. The first-order chi connectivity index (χ1) is 8.67. The van der Waals surface area contributed by atoms with E-state index >= 15 is 0 Å². The molecule has 0 heterocycles. The van der Waals surface area contributed by atoms with Gasteiger partial charge in [0.25, 0.3) is 0 Å². The van der Waals surface area contributed by atoms with Crippen molar-refractivity contribution < 1.29 is 4.21 Å². The van der Waals surface area contributed by atoms with Gasteiger partial charge >= 0.3 is 0 Å². The topological polar surface area (TPSA) is 29.4 Å². The van der Waals surface area contributed by atoms with Crippen molar-refractivity contribution >= 4 is 9.73 Å². The maximum atomic E-state index is 12.4. The van der Waals surface area contributed by atoms with E-state index in [9.17, 15) is 4.21 Å². The van der Waals surface area contributed by atoms with Crippen LogP contribution in [0, 0.1) is 0 Å².